The second-order valence-corrected chi connectivity index (χ2v) is 4.30. The molecule has 98 valence electrons. The summed E-state index contributed by atoms with van der Waals surface area (Å²) >= 11 is 0. The van der Waals surface area contributed by atoms with Crippen molar-refractivity contribution >= 4 is 5.78 Å². The number of methoxy groups -OCH3 is 1. The molecule has 18 heavy (non-hydrogen) atoms. The fraction of sp³-hybridized carbons (Fsp3) is 0.462. The molecule has 0 radical (unpaired) electrons. The largest absolute Gasteiger partial charge is 0.494 e. The summed E-state index contributed by atoms with van der Waals surface area (Å²) in [5.41, 5.74) is 0.395. The van der Waals surface area contributed by atoms with Crippen molar-refractivity contribution in [1.29, 1.82) is 0 Å². The van der Waals surface area contributed by atoms with Crippen molar-refractivity contribution in [2.24, 2.45) is 0 Å². The molecule has 1 fully saturated rings. The van der Waals surface area contributed by atoms with Crippen molar-refractivity contribution in [1.82, 2.24) is 10.2 Å². The fourth-order valence-electron chi connectivity index (χ4n) is 2.00. The molecular formula is C13H17FN2O2. The van der Waals surface area contributed by atoms with E-state index in [1.165, 1.54) is 19.2 Å². The van der Waals surface area contributed by atoms with Gasteiger partial charge in [0.2, 0.25) is 0 Å². The van der Waals surface area contributed by atoms with Gasteiger partial charge in [0.15, 0.2) is 17.3 Å². The molecule has 0 saturated carbocycles. The number of ketones is 1. The highest BCUT2D eigenvalue weighted by molar-refractivity contribution is 5.97. The van der Waals surface area contributed by atoms with Crippen molar-refractivity contribution in [2.45, 2.75) is 0 Å². The second-order valence-electron chi connectivity index (χ2n) is 4.30. The standard InChI is InChI=1S/C13H17FN2O2/c1-18-13-3-2-10(8-11(13)14)12(17)9-16-6-4-15-5-7-16/h2-3,8,15H,4-7,9H2,1H3. The summed E-state index contributed by atoms with van der Waals surface area (Å²) in [6.07, 6.45) is 0. The lowest BCUT2D eigenvalue weighted by Crippen LogP contribution is -2.45. The first-order chi connectivity index (χ1) is 8.70. The number of Topliss-reactive ketones (excluding diaryl/α,β-unsaturated/α-hetero) is 1. The molecule has 1 heterocycles. The first-order valence-corrected chi connectivity index (χ1v) is 6.00. The van der Waals surface area contributed by atoms with Gasteiger partial charge >= 0.3 is 0 Å². The Morgan fingerprint density at radius 3 is 2.78 bits per heavy atom. The predicted octanol–water partition coefficient (Wildman–Crippen LogP) is 0.922. The van der Waals surface area contributed by atoms with E-state index in [4.69, 9.17) is 4.74 Å². The number of carbonyl (C=O) groups excluding carboxylic acids is 1. The maximum absolute atomic E-state index is 13.5. The number of nitrogens with one attached hydrogen (secondary N) is 1. The van der Waals surface area contributed by atoms with Crippen LogP contribution in [-0.4, -0.2) is 50.5 Å². The van der Waals surface area contributed by atoms with Gasteiger partial charge in [-0.05, 0) is 18.2 Å². The van der Waals surface area contributed by atoms with E-state index in [0.29, 0.717) is 12.1 Å². The minimum Gasteiger partial charge on any atom is -0.494 e. The van der Waals surface area contributed by atoms with Gasteiger partial charge < -0.3 is 10.1 Å². The average molecular weight is 252 g/mol. The molecule has 1 N–H and O–H groups in total. The SMILES string of the molecule is COc1ccc(C(=O)CN2CCNCC2)cc1F. The van der Waals surface area contributed by atoms with Crippen LogP contribution >= 0.6 is 0 Å². The maximum atomic E-state index is 13.5. The van der Waals surface area contributed by atoms with E-state index in [1.807, 2.05) is 0 Å². The van der Waals surface area contributed by atoms with Crippen LogP contribution in [0.25, 0.3) is 0 Å². The molecule has 0 spiro atoms. The van der Waals surface area contributed by atoms with Gasteiger partial charge in [-0.15, -0.1) is 0 Å². The Bertz CT molecular complexity index is 431. The number of piperazine rings is 1. The van der Waals surface area contributed by atoms with Gasteiger partial charge in [-0.2, -0.15) is 0 Å². The average Bonchev–Trinajstić information content (AvgIpc) is 2.39. The molecular weight excluding hydrogens is 235 g/mol. The molecule has 1 aliphatic heterocycles. The van der Waals surface area contributed by atoms with Crippen molar-refractivity contribution in [3.05, 3.63) is 29.6 Å². The molecule has 1 saturated heterocycles. The van der Waals surface area contributed by atoms with Crippen molar-refractivity contribution < 1.29 is 13.9 Å². The van der Waals surface area contributed by atoms with Crippen molar-refractivity contribution in [2.75, 3.05) is 39.8 Å². The Balaban J connectivity index is 2.01. The lowest BCUT2D eigenvalue weighted by Gasteiger charge is -2.26. The Labute approximate surface area is 106 Å². The second kappa shape index (κ2) is 5.93. The summed E-state index contributed by atoms with van der Waals surface area (Å²) in [4.78, 5) is 14.1. The molecule has 0 unspecified atom stereocenters. The minimum atomic E-state index is -0.497. The van der Waals surface area contributed by atoms with Gasteiger partial charge in [-0.1, -0.05) is 0 Å². The summed E-state index contributed by atoms with van der Waals surface area (Å²) < 4.78 is 18.3. The lowest BCUT2D eigenvalue weighted by molar-refractivity contribution is 0.0921. The van der Waals surface area contributed by atoms with E-state index in [1.54, 1.807) is 6.07 Å². The number of benzene rings is 1. The van der Waals surface area contributed by atoms with Gasteiger partial charge in [-0.25, -0.2) is 4.39 Å². The topological polar surface area (TPSA) is 41.6 Å². The van der Waals surface area contributed by atoms with Gasteiger partial charge in [-0.3, -0.25) is 9.69 Å². The van der Waals surface area contributed by atoms with E-state index in [0.717, 1.165) is 26.2 Å². The smallest absolute Gasteiger partial charge is 0.176 e. The summed E-state index contributed by atoms with van der Waals surface area (Å²) in [6, 6.07) is 4.33. The highest BCUT2D eigenvalue weighted by Crippen LogP contribution is 2.18. The third-order valence-corrected chi connectivity index (χ3v) is 3.05. The number of ether oxygens (including phenoxy) is 1. The molecule has 1 aromatic rings. The molecule has 2 rings (SSSR count). The Hall–Kier alpha value is -1.46. The molecule has 0 aromatic heterocycles. The zero-order valence-electron chi connectivity index (χ0n) is 10.4. The monoisotopic (exact) mass is 252 g/mol. The highest BCUT2D eigenvalue weighted by atomic mass is 19.1. The van der Waals surface area contributed by atoms with E-state index < -0.39 is 5.82 Å². The normalized spacial score (nSPS) is 16.6. The van der Waals surface area contributed by atoms with Crippen LogP contribution in [0.5, 0.6) is 5.75 Å². The Morgan fingerprint density at radius 1 is 1.44 bits per heavy atom. The first-order valence-electron chi connectivity index (χ1n) is 6.00. The molecule has 0 bridgehead atoms. The number of hydrogen-bond acceptors (Lipinski definition) is 4. The lowest BCUT2D eigenvalue weighted by atomic mass is 10.1. The molecule has 5 heteroatoms. The Morgan fingerprint density at radius 2 is 2.17 bits per heavy atom. The Kier molecular flexibility index (Phi) is 4.28. The molecule has 1 aliphatic rings. The maximum Gasteiger partial charge on any atom is 0.176 e. The van der Waals surface area contributed by atoms with Crippen LogP contribution in [0, 0.1) is 5.82 Å². The van der Waals surface area contributed by atoms with Gasteiger partial charge in [0.1, 0.15) is 0 Å². The first kappa shape index (κ1) is 13.0. The van der Waals surface area contributed by atoms with Crippen LogP contribution in [0.15, 0.2) is 18.2 Å². The number of halogens is 1. The predicted molar refractivity (Wildman–Crippen MR) is 66.6 cm³/mol. The summed E-state index contributed by atoms with van der Waals surface area (Å²) in [7, 11) is 1.40. The summed E-state index contributed by atoms with van der Waals surface area (Å²) in [6.45, 7) is 3.83. The summed E-state index contributed by atoms with van der Waals surface area (Å²) in [5, 5.41) is 3.22. The van der Waals surface area contributed by atoms with E-state index >= 15 is 0 Å². The number of rotatable bonds is 4. The minimum absolute atomic E-state index is 0.0570. The van der Waals surface area contributed by atoms with Crippen LogP contribution in [0.3, 0.4) is 0 Å². The third-order valence-electron chi connectivity index (χ3n) is 3.05. The molecule has 0 amide bonds. The molecule has 1 aromatic carbocycles. The zero-order valence-corrected chi connectivity index (χ0v) is 10.4. The van der Waals surface area contributed by atoms with E-state index in [-0.39, 0.29) is 11.5 Å². The van der Waals surface area contributed by atoms with Crippen LogP contribution in [0.2, 0.25) is 0 Å². The van der Waals surface area contributed by atoms with Crippen LogP contribution in [0.1, 0.15) is 10.4 Å². The number of nitrogens with zero attached hydrogens (tertiary/aromatic N) is 1. The van der Waals surface area contributed by atoms with Gasteiger partial charge in [0.25, 0.3) is 0 Å². The number of hydrogen-bond donors (Lipinski definition) is 1. The highest BCUT2D eigenvalue weighted by Gasteiger charge is 2.16. The van der Waals surface area contributed by atoms with E-state index in [9.17, 15) is 9.18 Å². The zero-order chi connectivity index (χ0) is 13.0. The van der Waals surface area contributed by atoms with E-state index in [2.05, 4.69) is 10.2 Å². The van der Waals surface area contributed by atoms with Crippen LogP contribution in [0.4, 0.5) is 4.39 Å². The van der Waals surface area contributed by atoms with Crippen molar-refractivity contribution in [3.8, 4) is 5.75 Å². The molecule has 0 atom stereocenters. The quantitative estimate of drug-likeness (QED) is 0.809. The van der Waals surface area contributed by atoms with Gasteiger partial charge in [0, 0.05) is 31.7 Å². The molecule has 0 aliphatic carbocycles. The van der Waals surface area contributed by atoms with Crippen LogP contribution in [-0.2, 0) is 0 Å². The molecule has 4 nitrogen and oxygen atoms in total. The van der Waals surface area contributed by atoms with Crippen molar-refractivity contribution in [3.63, 3.8) is 0 Å². The third kappa shape index (κ3) is 3.05. The van der Waals surface area contributed by atoms with Crippen LogP contribution < -0.4 is 10.1 Å². The fourth-order valence-corrected chi connectivity index (χ4v) is 2.00. The van der Waals surface area contributed by atoms with Gasteiger partial charge in [0.05, 0.1) is 13.7 Å². The number of carbonyl (C=O) groups is 1. The summed E-state index contributed by atoms with van der Waals surface area (Å²) in [5.74, 6) is -0.393.